The number of aryl methyl sites for hydroxylation is 1. The van der Waals surface area contributed by atoms with Gasteiger partial charge in [-0.05, 0) is 49.2 Å². The van der Waals surface area contributed by atoms with Gasteiger partial charge in [0.05, 0.1) is 0 Å². The molecular formula is C14H23NS. The number of unbranched alkanes of at least 4 members (excludes halogenated alkanes) is 1. The van der Waals surface area contributed by atoms with Crippen molar-refractivity contribution in [3.8, 4) is 0 Å². The van der Waals surface area contributed by atoms with E-state index < -0.39 is 0 Å². The van der Waals surface area contributed by atoms with Gasteiger partial charge in [0.2, 0.25) is 0 Å². The first kappa shape index (κ1) is 13.5. The lowest BCUT2D eigenvalue weighted by Gasteiger charge is -2.17. The lowest BCUT2D eigenvalue weighted by atomic mass is 10.0. The normalized spacial score (nSPS) is 12.6. The molecule has 1 heterocycles. The van der Waals surface area contributed by atoms with Gasteiger partial charge in [0.1, 0.15) is 0 Å². The maximum Gasteiger partial charge on any atom is 0.0417 e. The number of thiophene rings is 1. The van der Waals surface area contributed by atoms with Crippen molar-refractivity contribution in [2.75, 3.05) is 6.54 Å². The molecule has 0 aliphatic carbocycles. The number of nitrogens with one attached hydrogen (secondary N) is 1. The van der Waals surface area contributed by atoms with Gasteiger partial charge in [-0.3, -0.25) is 0 Å². The molecule has 1 atom stereocenters. The molecule has 0 aliphatic heterocycles. The van der Waals surface area contributed by atoms with E-state index >= 15 is 0 Å². The van der Waals surface area contributed by atoms with Crippen LogP contribution in [0.4, 0.5) is 0 Å². The largest absolute Gasteiger partial charge is 0.310 e. The summed E-state index contributed by atoms with van der Waals surface area (Å²) in [5.41, 5.74) is 1.51. The van der Waals surface area contributed by atoms with Crippen LogP contribution in [0.2, 0.25) is 0 Å². The fourth-order valence-corrected chi connectivity index (χ4v) is 3.09. The second kappa shape index (κ2) is 7.64. The Labute approximate surface area is 104 Å². The summed E-state index contributed by atoms with van der Waals surface area (Å²) in [6.07, 6.45) is 6.71. The zero-order valence-electron chi connectivity index (χ0n) is 10.5. The van der Waals surface area contributed by atoms with E-state index in [2.05, 4.69) is 37.2 Å². The van der Waals surface area contributed by atoms with Gasteiger partial charge in [-0.1, -0.05) is 19.9 Å². The fourth-order valence-electron chi connectivity index (χ4n) is 1.98. The number of hydrogen-bond donors (Lipinski definition) is 1. The van der Waals surface area contributed by atoms with E-state index in [1.807, 2.05) is 17.4 Å². The molecule has 1 N–H and O–H groups in total. The van der Waals surface area contributed by atoms with Crippen molar-refractivity contribution in [1.29, 1.82) is 0 Å². The van der Waals surface area contributed by atoms with Crippen LogP contribution in [0.25, 0.3) is 0 Å². The summed E-state index contributed by atoms with van der Waals surface area (Å²) in [4.78, 5) is 1.54. The molecule has 0 aliphatic rings. The van der Waals surface area contributed by atoms with Crippen molar-refractivity contribution in [2.24, 2.45) is 0 Å². The van der Waals surface area contributed by atoms with E-state index in [0.29, 0.717) is 6.04 Å². The standard InChI is InChI=1S/C14H23NS/c1-4-7-8-9-13(15-6-3)14-12(5-2)10-11-16-14/h4,10-11,13,15H,1,5-9H2,2-3H3. The highest BCUT2D eigenvalue weighted by Crippen LogP contribution is 2.28. The summed E-state index contributed by atoms with van der Waals surface area (Å²) in [6.45, 7) is 9.24. The van der Waals surface area contributed by atoms with Crippen LogP contribution < -0.4 is 5.32 Å². The monoisotopic (exact) mass is 237 g/mol. The first-order chi connectivity index (χ1) is 7.83. The van der Waals surface area contributed by atoms with Gasteiger partial charge < -0.3 is 5.32 Å². The Morgan fingerprint density at radius 1 is 1.50 bits per heavy atom. The second-order valence-corrected chi connectivity index (χ2v) is 4.94. The first-order valence-electron chi connectivity index (χ1n) is 6.24. The highest BCUT2D eigenvalue weighted by Gasteiger charge is 2.14. The minimum atomic E-state index is 0.542. The summed E-state index contributed by atoms with van der Waals surface area (Å²) in [5.74, 6) is 0. The first-order valence-corrected chi connectivity index (χ1v) is 7.11. The maximum absolute atomic E-state index is 3.78. The SMILES string of the molecule is C=CCCCC(NCC)c1sccc1CC. The topological polar surface area (TPSA) is 12.0 Å². The van der Waals surface area contributed by atoms with Gasteiger partial charge >= 0.3 is 0 Å². The molecule has 0 radical (unpaired) electrons. The molecule has 16 heavy (non-hydrogen) atoms. The molecule has 0 saturated carbocycles. The second-order valence-electron chi connectivity index (χ2n) is 3.99. The highest BCUT2D eigenvalue weighted by atomic mass is 32.1. The third-order valence-corrected chi connectivity index (χ3v) is 3.90. The van der Waals surface area contributed by atoms with Gasteiger partial charge in [-0.25, -0.2) is 0 Å². The Morgan fingerprint density at radius 2 is 2.31 bits per heavy atom. The molecular weight excluding hydrogens is 214 g/mol. The highest BCUT2D eigenvalue weighted by molar-refractivity contribution is 7.10. The summed E-state index contributed by atoms with van der Waals surface area (Å²) in [5, 5.41) is 5.81. The van der Waals surface area contributed by atoms with Crippen molar-refractivity contribution >= 4 is 11.3 Å². The molecule has 1 rings (SSSR count). The summed E-state index contributed by atoms with van der Waals surface area (Å²) < 4.78 is 0. The van der Waals surface area contributed by atoms with Crippen molar-refractivity contribution in [1.82, 2.24) is 5.32 Å². The maximum atomic E-state index is 3.78. The molecule has 0 bridgehead atoms. The predicted octanol–water partition coefficient (Wildman–Crippen LogP) is 4.32. The van der Waals surface area contributed by atoms with Crippen LogP contribution in [0.1, 0.15) is 49.6 Å². The third kappa shape index (κ3) is 3.76. The zero-order valence-corrected chi connectivity index (χ0v) is 11.3. The molecule has 1 nitrogen and oxygen atoms in total. The average molecular weight is 237 g/mol. The molecule has 90 valence electrons. The summed E-state index contributed by atoms with van der Waals surface area (Å²) in [6, 6.07) is 2.80. The molecule has 0 saturated heterocycles. The van der Waals surface area contributed by atoms with E-state index in [1.165, 1.54) is 23.3 Å². The predicted molar refractivity (Wildman–Crippen MR) is 74.2 cm³/mol. The minimum absolute atomic E-state index is 0.542. The molecule has 1 unspecified atom stereocenters. The van der Waals surface area contributed by atoms with E-state index in [1.54, 1.807) is 0 Å². The van der Waals surface area contributed by atoms with Gasteiger partial charge in [-0.15, -0.1) is 17.9 Å². The quantitative estimate of drug-likeness (QED) is 0.524. The number of rotatable bonds is 8. The van der Waals surface area contributed by atoms with Gasteiger partial charge in [0, 0.05) is 10.9 Å². The summed E-state index contributed by atoms with van der Waals surface area (Å²) >= 11 is 1.89. The van der Waals surface area contributed by atoms with E-state index in [-0.39, 0.29) is 0 Å². The summed E-state index contributed by atoms with van der Waals surface area (Å²) in [7, 11) is 0. The Hall–Kier alpha value is -0.600. The molecule has 0 amide bonds. The minimum Gasteiger partial charge on any atom is -0.310 e. The number of hydrogen-bond acceptors (Lipinski definition) is 2. The third-order valence-electron chi connectivity index (χ3n) is 2.83. The molecule has 1 aromatic heterocycles. The van der Waals surface area contributed by atoms with E-state index in [0.717, 1.165) is 19.4 Å². The smallest absolute Gasteiger partial charge is 0.0417 e. The van der Waals surface area contributed by atoms with Crippen molar-refractivity contribution < 1.29 is 0 Å². The zero-order chi connectivity index (χ0) is 11.8. The van der Waals surface area contributed by atoms with Crippen LogP contribution in [-0.2, 0) is 6.42 Å². The average Bonchev–Trinajstić information content (AvgIpc) is 2.76. The Kier molecular flexibility index (Phi) is 6.43. The van der Waals surface area contributed by atoms with Crippen LogP contribution in [-0.4, -0.2) is 6.54 Å². The van der Waals surface area contributed by atoms with E-state index in [9.17, 15) is 0 Å². The Morgan fingerprint density at radius 3 is 2.94 bits per heavy atom. The lowest BCUT2D eigenvalue weighted by Crippen LogP contribution is -2.20. The van der Waals surface area contributed by atoms with Crippen LogP contribution in [0.5, 0.6) is 0 Å². The Bertz CT molecular complexity index is 303. The van der Waals surface area contributed by atoms with Crippen LogP contribution in [0, 0.1) is 0 Å². The van der Waals surface area contributed by atoms with E-state index in [4.69, 9.17) is 0 Å². The molecule has 0 aromatic carbocycles. The number of allylic oxidation sites excluding steroid dienone is 1. The molecule has 0 fully saturated rings. The molecule has 2 heteroatoms. The molecule has 0 spiro atoms. The van der Waals surface area contributed by atoms with Crippen molar-refractivity contribution in [3.05, 3.63) is 34.5 Å². The van der Waals surface area contributed by atoms with Gasteiger partial charge in [-0.2, -0.15) is 0 Å². The lowest BCUT2D eigenvalue weighted by molar-refractivity contribution is 0.504. The Balaban J connectivity index is 2.64. The molecule has 1 aromatic rings. The van der Waals surface area contributed by atoms with Crippen molar-refractivity contribution in [2.45, 2.75) is 45.6 Å². The van der Waals surface area contributed by atoms with Crippen molar-refractivity contribution in [3.63, 3.8) is 0 Å². The fraction of sp³-hybridized carbons (Fsp3) is 0.571. The van der Waals surface area contributed by atoms with Crippen LogP contribution >= 0.6 is 11.3 Å². The van der Waals surface area contributed by atoms with Gasteiger partial charge in [0.25, 0.3) is 0 Å². The van der Waals surface area contributed by atoms with Gasteiger partial charge in [0.15, 0.2) is 0 Å². The van der Waals surface area contributed by atoms with Crippen LogP contribution in [0.3, 0.4) is 0 Å². The van der Waals surface area contributed by atoms with Crippen LogP contribution in [0.15, 0.2) is 24.1 Å².